The number of halogens is 2. The third-order valence-corrected chi connectivity index (χ3v) is 2.98. The molecule has 0 aromatic carbocycles. The van der Waals surface area contributed by atoms with Crippen molar-refractivity contribution < 1.29 is 0 Å². The van der Waals surface area contributed by atoms with Crippen molar-refractivity contribution in [2.45, 2.75) is 6.54 Å². The summed E-state index contributed by atoms with van der Waals surface area (Å²) in [6.07, 6.45) is 4.91. The summed E-state index contributed by atoms with van der Waals surface area (Å²) >= 11 is 11.9. The summed E-state index contributed by atoms with van der Waals surface area (Å²) in [5.41, 5.74) is 0.697. The van der Waals surface area contributed by atoms with Crippen LogP contribution in [0.15, 0.2) is 18.6 Å². The van der Waals surface area contributed by atoms with Crippen LogP contribution in [0.3, 0.4) is 0 Å². The highest BCUT2D eigenvalue weighted by atomic mass is 35.5. The van der Waals surface area contributed by atoms with Crippen LogP contribution in [0.1, 0.15) is 5.82 Å². The van der Waals surface area contributed by atoms with Crippen LogP contribution in [0.25, 0.3) is 11.0 Å². The van der Waals surface area contributed by atoms with Crippen molar-refractivity contribution in [2.24, 2.45) is 7.05 Å². The van der Waals surface area contributed by atoms with Crippen LogP contribution in [0.2, 0.25) is 10.2 Å². The van der Waals surface area contributed by atoms with Crippen LogP contribution < -0.4 is 0 Å². The van der Waals surface area contributed by atoms with Crippen LogP contribution in [0.5, 0.6) is 0 Å². The van der Waals surface area contributed by atoms with E-state index in [-0.39, 0.29) is 0 Å². The number of aromatic nitrogens is 6. The van der Waals surface area contributed by atoms with Crippen molar-refractivity contribution in [3.8, 4) is 0 Å². The number of nitrogens with zero attached hydrogens (tertiary/aromatic N) is 6. The molecule has 0 amide bonds. The molecule has 0 aliphatic carbocycles. The van der Waals surface area contributed by atoms with Gasteiger partial charge in [0.2, 0.25) is 0 Å². The maximum Gasteiger partial charge on any atom is 0.162 e. The lowest BCUT2D eigenvalue weighted by Gasteiger charge is -2.02. The number of hydrogen-bond acceptors (Lipinski definition) is 4. The molecule has 0 N–H and O–H groups in total. The molecule has 18 heavy (non-hydrogen) atoms. The quantitative estimate of drug-likeness (QED) is 0.674. The average molecular weight is 283 g/mol. The number of hydrogen-bond donors (Lipinski definition) is 0. The number of aryl methyl sites for hydroxylation is 1. The molecule has 0 aliphatic heterocycles. The molecule has 0 spiro atoms. The number of fused-ring (bicyclic) bond motifs is 1. The van der Waals surface area contributed by atoms with Crippen molar-refractivity contribution in [2.75, 3.05) is 0 Å². The Morgan fingerprint density at radius 3 is 2.72 bits per heavy atom. The fourth-order valence-corrected chi connectivity index (χ4v) is 2.06. The first-order chi connectivity index (χ1) is 8.63. The Morgan fingerprint density at radius 2 is 2.00 bits per heavy atom. The fourth-order valence-electron chi connectivity index (χ4n) is 1.67. The van der Waals surface area contributed by atoms with E-state index in [9.17, 15) is 0 Å². The summed E-state index contributed by atoms with van der Waals surface area (Å²) in [7, 11) is 1.81. The van der Waals surface area contributed by atoms with Crippen molar-refractivity contribution in [1.82, 2.24) is 29.5 Å². The summed E-state index contributed by atoms with van der Waals surface area (Å²) in [6.45, 7) is 0.410. The predicted octanol–water partition coefficient (Wildman–Crippen LogP) is 1.91. The molecule has 0 fully saturated rings. The van der Waals surface area contributed by atoms with E-state index in [1.54, 1.807) is 35.0 Å². The SMILES string of the molecule is Cn1ncc2c(Cl)nc(Cn3cc(Cl)cn3)nc21. The summed E-state index contributed by atoms with van der Waals surface area (Å²) in [5.74, 6) is 0.566. The molecule has 3 heterocycles. The van der Waals surface area contributed by atoms with Gasteiger partial charge in [-0.25, -0.2) is 9.97 Å². The van der Waals surface area contributed by atoms with E-state index in [4.69, 9.17) is 23.2 Å². The van der Waals surface area contributed by atoms with Crippen molar-refractivity contribution in [3.05, 3.63) is 34.6 Å². The lowest BCUT2D eigenvalue weighted by molar-refractivity contribution is 0.655. The molecular formula is C10H8Cl2N6. The molecule has 0 bridgehead atoms. The molecule has 92 valence electrons. The van der Waals surface area contributed by atoms with Gasteiger partial charge in [-0.3, -0.25) is 9.36 Å². The fraction of sp³-hybridized carbons (Fsp3) is 0.200. The van der Waals surface area contributed by atoms with E-state index in [0.29, 0.717) is 28.2 Å². The third kappa shape index (κ3) is 1.93. The minimum absolute atomic E-state index is 0.390. The van der Waals surface area contributed by atoms with Gasteiger partial charge in [0.1, 0.15) is 11.7 Å². The highest BCUT2D eigenvalue weighted by molar-refractivity contribution is 6.33. The molecule has 0 saturated heterocycles. The normalized spacial score (nSPS) is 11.3. The van der Waals surface area contributed by atoms with Crippen LogP contribution >= 0.6 is 23.2 Å². The number of rotatable bonds is 2. The van der Waals surface area contributed by atoms with Crippen LogP contribution in [-0.4, -0.2) is 29.5 Å². The van der Waals surface area contributed by atoms with Crippen LogP contribution in [0, 0.1) is 0 Å². The van der Waals surface area contributed by atoms with Gasteiger partial charge < -0.3 is 0 Å². The smallest absolute Gasteiger partial charge is 0.162 e. The zero-order valence-corrected chi connectivity index (χ0v) is 10.9. The van der Waals surface area contributed by atoms with Gasteiger partial charge in [0.25, 0.3) is 0 Å². The Balaban J connectivity index is 2.04. The zero-order chi connectivity index (χ0) is 12.7. The molecule has 6 nitrogen and oxygen atoms in total. The Bertz CT molecular complexity index is 716. The minimum atomic E-state index is 0.390. The Morgan fingerprint density at radius 1 is 1.17 bits per heavy atom. The molecule has 3 rings (SSSR count). The highest BCUT2D eigenvalue weighted by Gasteiger charge is 2.10. The molecule has 0 aliphatic rings. The van der Waals surface area contributed by atoms with Crippen molar-refractivity contribution in [1.29, 1.82) is 0 Å². The largest absolute Gasteiger partial charge is 0.264 e. The summed E-state index contributed by atoms with van der Waals surface area (Å²) in [6, 6.07) is 0. The van der Waals surface area contributed by atoms with Gasteiger partial charge in [-0.1, -0.05) is 23.2 Å². The lowest BCUT2D eigenvalue weighted by Crippen LogP contribution is -2.06. The van der Waals surface area contributed by atoms with E-state index in [0.717, 1.165) is 5.39 Å². The second kappa shape index (κ2) is 4.22. The lowest BCUT2D eigenvalue weighted by atomic mass is 10.4. The van der Waals surface area contributed by atoms with Gasteiger partial charge in [0.05, 0.1) is 22.8 Å². The monoisotopic (exact) mass is 282 g/mol. The Kier molecular flexibility index (Phi) is 2.68. The van der Waals surface area contributed by atoms with Crippen LogP contribution in [0.4, 0.5) is 0 Å². The second-order valence-corrected chi connectivity index (χ2v) is 4.59. The molecule has 0 saturated carbocycles. The zero-order valence-electron chi connectivity index (χ0n) is 9.38. The topological polar surface area (TPSA) is 61.4 Å². The summed E-state index contributed by atoms with van der Waals surface area (Å²) in [4.78, 5) is 8.62. The Labute approximate surface area is 112 Å². The standard InChI is InChI=1S/C10H8Cl2N6/c1-17-10-7(3-13-17)9(12)15-8(16-10)5-18-4-6(11)2-14-18/h2-4H,5H2,1H3. The van der Waals surface area contributed by atoms with Gasteiger partial charge in [-0.2, -0.15) is 10.2 Å². The third-order valence-electron chi connectivity index (χ3n) is 2.50. The van der Waals surface area contributed by atoms with Crippen LogP contribution in [-0.2, 0) is 13.6 Å². The van der Waals surface area contributed by atoms with E-state index in [2.05, 4.69) is 20.2 Å². The first-order valence-electron chi connectivity index (χ1n) is 5.15. The molecule has 8 heteroatoms. The first-order valence-corrected chi connectivity index (χ1v) is 5.91. The summed E-state index contributed by atoms with van der Waals surface area (Å²) < 4.78 is 3.30. The molecule has 0 radical (unpaired) electrons. The average Bonchev–Trinajstić information content (AvgIpc) is 2.87. The van der Waals surface area contributed by atoms with Gasteiger partial charge in [-0.15, -0.1) is 0 Å². The molecule has 0 unspecified atom stereocenters. The molecular weight excluding hydrogens is 275 g/mol. The van der Waals surface area contributed by atoms with Gasteiger partial charge in [0.15, 0.2) is 11.5 Å². The first kappa shape index (κ1) is 11.4. The maximum atomic E-state index is 6.09. The van der Waals surface area contributed by atoms with Gasteiger partial charge in [0, 0.05) is 13.2 Å². The molecule has 3 aromatic heterocycles. The molecule has 0 atom stereocenters. The maximum absolute atomic E-state index is 6.09. The van der Waals surface area contributed by atoms with E-state index in [1.807, 2.05) is 0 Å². The minimum Gasteiger partial charge on any atom is -0.264 e. The second-order valence-electron chi connectivity index (χ2n) is 3.79. The summed E-state index contributed by atoms with van der Waals surface area (Å²) in [5, 5.41) is 9.86. The van der Waals surface area contributed by atoms with E-state index < -0.39 is 0 Å². The van der Waals surface area contributed by atoms with Gasteiger partial charge in [-0.05, 0) is 0 Å². The van der Waals surface area contributed by atoms with Gasteiger partial charge >= 0.3 is 0 Å². The van der Waals surface area contributed by atoms with E-state index >= 15 is 0 Å². The van der Waals surface area contributed by atoms with E-state index in [1.165, 1.54) is 0 Å². The van der Waals surface area contributed by atoms with Crippen molar-refractivity contribution >= 4 is 34.2 Å². The highest BCUT2D eigenvalue weighted by Crippen LogP contribution is 2.19. The molecule has 3 aromatic rings. The Hall–Kier alpha value is -1.66. The predicted molar refractivity (Wildman–Crippen MR) is 67.7 cm³/mol. The van der Waals surface area contributed by atoms with Crippen molar-refractivity contribution in [3.63, 3.8) is 0 Å².